The topological polar surface area (TPSA) is 18.5 Å². The van der Waals surface area contributed by atoms with Crippen LogP contribution in [0.2, 0.25) is 0 Å². The van der Waals surface area contributed by atoms with Crippen molar-refractivity contribution in [2.45, 2.75) is 63.8 Å². The van der Waals surface area contributed by atoms with Gasteiger partial charge in [-0.3, -0.25) is 0 Å². The largest absolute Gasteiger partial charge is 0.573 e. The molecule has 210 valence electrons. The van der Waals surface area contributed by atoms with E-state index in [1.807, 2.05) is 0 Å². The molecule has 3 aromatic rings. The monoisotopic (exact) mass is 558 g/mol. The number of hydrogen-bond donors (Lipinski definition) is 0. The van der Waals surface area contributed by atoms with Crippen molar-refractivity contribution in [1.82, 2.24) is 0 Å². The van der Waals surface area contributed by atoms with Crippen molar-refractivity contribution in [3.8, 4) is 22.6 Å². The average Bonchev–Trinajstić information content (AvgIpc) is 3.32. The molecule has 0 heterocycles. The normalized spacial score (nSPS) is 17.9. The summed E-state index contributed by atoms with van der Waals surface area (Å²) in [5.74, 6) is -4.86. The quantitative estimate of drug-likeness (QED) is 0.243. The number of rotatable bonds is 9. The Morgan fingerprint density at radius 1 is 0.795 bits per heavy atom. The van der Waals surface area contributed by atoms with Crippen LogP contribution in [0.25, 0.3) is 11.1 Å². The van der Waals surface area contributed by atoms with Crippen molar-refractivity contribution in [3.63, 3.8) is 0 Å². The molecule has 10 heteroatoms. The van der Waals surface area contributed by atoms with E-state index in [2.05, 4.69) is 16.4 Å². The van der Waals surface area contributed by atoms with Crippen LogP contribution < -0.4 is 9.47 Å². The molecule has 0 amide bonds. The number of benzene rings is 3. The highest BCUT2D eigenvalue weighted by atomic mass is 19.4. The molecule has 1 saturated carbocycles. The third-order valence-corrected chi connectivity index (χ3v) is 6.94. The minimum absolute atomic E-state index is 0.0306. The van der Waals surface area contributed by atoms with Crippen LogP contribution in [-0.4, -0.2) is 6.36 Å². The Morgan fingerprint density at radius 2 is 1.56 bits per heavy atom. The number of ether oxygens (including phenoxy) is 2. The summed E-state index contributed by atoms with van der Waals surface area (Å²) >= 11 is 0. The molecule has 4 rings (SSSR count). The lowest BCUT2D eigenvalue weighted by atomic mass is 9.92. The fourth-order valence-electron chi connectivity index (χ4n) is 5.03. The molecule has 0 saturated heterocycles. The second kappa shape index (κ2) is 11.4. The van der Waals surface area contributed by atoms with Crippen molar-refractivity contribution in [3.05, 3.63) is 83.2 Å². The molecule has 2 nitrogen and oxygen atoms in total. The molecule has 1 aliphatic rings. The van der Waals surface area contributed by atoms with Crippen LogP contribution in [0.3, 0.4) is 0 Å². The third-order valence-electron chi connectivity index (χ3n) is 6.94. The Bertz CT molecular complexity index is 1300. The van der Waals surface area contributed by atoms with Gasteiger partial charge in [-0.2, -0.15) is 8.78 Å². The van der Waals surface area contributed by atoms with Gasteiger partial charge in [-0.15, -0.1) is 13.2 Å². The molecule has 0 N–H and O–H groups in total. The Labute approximate surface area is 220 Å². The second-order valence-electron chi connectivity index (χ2n) is 9.71. The molecule has 0 bridgehead atoms. The van der Waals surface area contributed by atoms with E-state index in [1.165, 1.54) is 12.1 Å². The predicted molar refractivity (Wildman–Crippen MR) is 129 cm³/mol. The highest BCUT2D eigenvalue weighted by Gasteiger charge is 2.38. The van der Waals surface area contributed by atoms with Crippen LogP contribution in [0.5, 0.6) is 11.5 Å². The van der Waals surface area contributed by atoms with Crippen LogP contribution in [-0.2, 0) is 6.11 Å². The van der Waals surface area contributed by atoms with Gasteiger partial charge in [0.15, 0.2) is 11.6 Å². The van der Waals surface area contributed by atoms with E-state index in [9.17, 15) is 30.7 Å². The first-order valence-electron chi connectivity index (χ1n) is 12.6. The van der Waals surface area contributed by atoms with Gasteiger partial charge in [0.25, 0.3) is 0 Å². The fourth-order valence-corrected chi connectivity index (χ4v) is 5.03. The molecule has 3 aromatic carbocycles. The SMILES string of the molecule is CCCCC1CCC(c2ccc(-c3ccc(C(F)(F)Oc4ccc(OC(F)(F)F)c(F)c4)c(F)c3)c(F)c2)C1. The molecular formula is C29H26F8O2. The maximum absolute atomic E-state index is 15.0. The molecule has 1 fully saturated rings. The zero-order valence-electron chi connectivity index (χ0n) is 20.9. The van der Waals surface area contributed by atoms with Gasteiger partial charge >= 0.3 is 12.5 Å². The Morgan fingerprint density at radius 3 is 2.21 bits per heavy atom. The standard InChI is InChI=1S/C29H26F8O2/c1-2-3-4-17-5-6-18(13-17)19-7-10-22(24(30)14-19)20-8-11-23(25(31)15-20)28(33,34)38-21-9-12-27(26(32)16-21)39-29(35,36)37/h7-12,14-18H,2-6,13H2,1H3. The summed E-state index contributed by atoms with van der Waals surface area (Å²) in [6.45, 7) is 2.14. The van der Waals surface area contributed by atoms with Gasteiger partial charge in [0, 0.05) is 11.6 Å². The summed E-state index contributed by atoms with van der Waals surface area (Å²) in [4.78, 5) is 0. The van der Waals surface area contributed by atoms with E-state index in [0.717, 1.165) is 56.2 Å². The van der Waals surface area contributed by atoms with Gasteiger partial charge in [-0.05, 0) is 72.6 Å². The smallest absolute Gasteiger partial charge is 0.429 e. The Kier molecular flexibility index (Phi) is 8.42. The molecule has 0 aliphatic heterocycles. The minimum Gasteiger partial charge on any atom is -0.429 e. The van der Waals surface area contributed by atoms with E-state index in [4.69, 9.17) is 0 Å². The van der Waals surface area contributed by atoms with Gasteiger partial charge < -0.3 is 9.47 Å². The first-order chi connectivity index (χ1) is 18.4. The van der Waals surface area contributed by atoms with E-state index in [1.54, 1.807) is 6.07 Å². The third kappa shape index (κ3) is 7.02. The van der Waals surface area contributed by atoms with Crippen molar-refractivity contribution in [2.75, 3.05) is 0 Å². The number of halogens is 8. The highest BCUT2D eigenvalue weighted by Crippen LogP contribution is 2.42. The van der Waals surface area contributed by atoms with Crippen molar-refractivity contribution in [1.29, 1.82) is 0 Å². The fraction of sp³-hybridized carbons (Fsp3) is 0.379. The van der Waals surface area contributed by atoms with E-state index >= 15 is 4.39 Å². The lowest BCUT2D eigenvalue weighted by Gasteiger charge is -2.20. The number of alkyl halides is 5. The Balaban J connectivity index is 1.49. The van der Waals surface area contributed by atoms with Crippen molar-refractivity contribution in [2.24, 2.45) is 5.92 Å². The molecule has 39 heavy (non-hydrogen) atoms. The first-order valence-corrected chi connectivity index (χ1v) is 12.6. The molecule has 0 aromatic heterocycles. The zero-order chi connectivity index (χ0) is 28.4. The molecule has 0 spiro atoms. The molecular weight excluding hydrogens is 532 g/mol. The van der Waals surface area contributed by atoms with E-state index < -0.39 is 47.0 Å². The van der Waals surface area contributed by atoms with Crippen LogP contribution in [0.1, 0.15) is 62.5 Å². The van der Waals surface area contributed by atoms with Crippen molar-refractivity contribution < 1.29 is 44.6 Å². The first kappa shape index (κ1) is 28.7. The summed E-state index contributed by atoms with van der Waals surface area (Å²) < 4.78 is 118. The lowest BCUT2D eigenvalue weighted by Crippen LogP contribution is -2.23. The molecule has 1 aliphatic carbocycles. The predicted octanol–water partition coefficient (Wildman–Crippen LogP) is 9.87. The summed E-state index contributed by atoms with van der Waals surface area (Å²) in [5.41, 5.74) is -0.297. The van der Waals surface area contributed by atoms with E-state index in [-0.39, 0.29) is 23.1 Å². The van der Waals surface area contributed by atoms with Gasteiger partial charge in [-0.25, -0.2) is 13.2 Å². The lowest BCUT2D eigenvalue weighted by molar-refractivity contribution is -0.275. The summed E-state index contributed by atoms with van der Waals surface area (Å²) in [6, 6.07) is 8.57. The molecule has 0 radical (unpaired) electrons. The number of hydrogen-bond acceptors (Lipinski definition) is 2. The zero-order valence-corrected chi connectivity index (χ0v) is 20.9. The minimum atomic E-state index is -5.19. The van der Waals surface area contributed by atoms with Gasteiger partial charge in [0.1, 0.15) is 17.4 Å². The maximum atomic E-state index is 15.0. The van der Waals surface area contributed by atoms with Crippen LogP contribution in [0, 0.1) is 23.4 Å². The highest BCUT2D eigenvalue weighted by molar-refractivity contribution is 5.65. The van der Waals surface area contributed by atoms with Crippen molar-refractivity contribution >= 4 is 0 Å². The summed E-state index contributed by atoms with van der Waals surface area (Å²) in [6.07, 6.45) is -3.02. The summed E-state index contributed by atoms with van der Waals surface area (Å²) in [7, 11) is 0. The second-order valence-corrected chi connectivity index (χ2v) is 9.71. The van der Waals surface area contributed by atoms with E-state index in [0.29, 0.717) is 24.1 Å². The van der Waals surface area contributed by atoms with Gasteiger partial charge in [0.05, 0.1) is 5.56 Å². The Hall–Kier alpha value is -3.30. The van der Waals surface area contributed by atoms with Crippen LogP contribution in [0.15, 0.2) is 54.6 Å². The van der Waals surface area contributed by atoms with Crippen LogP contribution in [0.4, 0.5) is 35.1 Å². The number of unbranched alkanes of at least 4 members (excludes halogenated alkanes) is 1. The maximum Gasteiger partial charge on any atom is 0.573 e. The average molecular weight is 559 g/mol. The van der Waals surface area contributed by atoms with Gasteiger partial charge in [-0.1, -0.05) is 44.4 Å². The van der Waals surface area contributed by atoms with Gasteiger partial charge in [0.2, 0.25) is 0 Å². The van der Waals surface area contributed by atoms with Crippen LogP contribution >= 0.6 is 0 Å². The summed E-state index contributed by atoms with van der Waals surface area (Å²) in [5, 5.41) is 0. The molecule has 2 atom stereocenters. The molecule has 2 unspecified atom stereocenters.